The molecule has 0 fully saturated rings. The average molecular weight is 225 g/mol. The van der Waals surface area contributed by atoms with Crippen LogP contribution in [0, 0.1) is 12.3 Å². The van der Waals surface area contributed by atoms with Gasteiger partial charge in [-0.2, -0.15) is 0 Å². The quantitative estimate of drug-likeness (QED) is 0.749. The molecule has 0 aliphatic carbocycles. The number of hydrogen-bond acceptors (Lipinski definition) is 3. The van der Waals surface area contributed by atoms with Gasteiger partial charge in [-0.05, 0) is 37.3 Å². The van der Waals surface area contributed by atoms with Crippen LogP contribution in [0.3, 0.4) is 0 Å². The number of furan rings is 1. The molecular formula is C13H23NO2. The third-order valence-corrected chi connectivity index (χ3v) is 2.71. The zero-order chi connectivity index (χ0) is 12.0. The summed E-state index contributed by atoms with van der Waals surface area (Å²) in [4.78, 5) is 0. The highest BCUT2D eigenvalue weighted by Gasteiger charge is 2.16. The number of hydrogen-bond donors (Lipinski definition) is 2. The molecule has 1 aromatic heterocycles. The van der Waals surface area contributed by atoms with Crippen molar-refractivity contribution < 1.29 is 9.52 Å². The number of rotatable bonds is 7. The van der Waals surface area contributed by atoms with Gasteiger partial charge in [0.1, 0.15) is 11.5 Å². The van der Waals surface area contributed by atoms with Gasteiger partial charge in [-0.15, -0.1) is 0 Å². The zero-order valence-electron chi connectivity index (χ0n) is 10.5. The van der Waals surface area contributed by atoms with E-state index >= 15 is 0 Å². The van der Waals surface area contributed by atoms with Crippen LogP contribution in [0.5, 0.6) is 0 Å². The van der Waals surface area contributed by atoms with Crippen LogP contribution in [0.1, 0.15) is 38.2 Å². The standard InChI is InChI=1S/C13H23NO2/c1-11-5-6-12(16-11)9-14-10-13(2,3)7-4-8-15/h5-6,14-15H,4,7-10H2,1-3H3. The fourth-order valence-electron chi connectivity index (χ4n) is 1.75. The Morgan fingerprint density at radius 3 is 2.69 bits per heavy atom. The second kappa shape index (κ2) is 6.06. The van der Waals surface area contributed by atoms with E-state index in [0.29, 0.717) is 0 Å². The first-order valence-electron chi connectivity index (χ1n) is 5.90. The molecule has 0 spiro atoms. The first-order chi connectivity index (χ1) is 7.53. The van der Waals surface area contributed by atoms with Gasteiger partial charge < -0.3 is 14.8 Å². The Bertz CT molecular complexity index is 305. The maximum atomic E-state index is 8.80. The number of aliphatic hydroxyl groups excluding tert-OH is 1. The van der Waals surface area contributed by atoms with Crippen LogP contribution in [-0.2, 0) is 6.54 Å². The van der Waals surface area contributed by atoms with Crippen molar-refractivity contribution in [3.05, 3.63) is 23.7 Å². The zero-order valence-corrected chi connectivity index (χ0v) is 10.5. The summed E-state index contributed by atoms with van der Waals surface area (Å²) in [5.74, 6) is 1.94. The molecule has 92 valence electrons. The monoisotopic (exact) mass is 225 g/mol. The van der Waals surface area contributed by atoms with Crippen molar-refractivity contribution in [2.45, 2.75) is 40.2 Å². The van der Waals surface area contributed by atoms with E-state index in [2.05, 4.69) is 19.2 Å². The summed E-state index contributed by atoms with van der Waals surface area (Å²) in [5, 5.41) is 12.2. The van der Waals surface area contributed by atoms with Crippen LogP contribution in [0.15, 0.2) is 16.5 Å². The van der Waals surface area contributed by atoms with Crippen LogP contribution < -0.4 is 5.32 Å². The molecule has 1 heterocycles. The van der Waals surface area contributed by atoms with E-state index in [4.69, 9.17) is 9.52 Å². The molecule has 2 N–H and O–H groups in total. The fourth-order valence-corrected chi connectivity index (χ4v) is 1.75. The normalized spacial score (nSPS) is 12.0. The van der Waals surface area contributed by atoms with Crippen molar-refractivity contribution in [2.24, 2.45) is 5.41 Å². The van der Waals surface area contributed by atoms with Crippen molar-refractivity contribution in [1.82, 2.24) is 5.32 Å². The van der Waals surface area contributed by atoms with Gasteiger partial charge in [0.15, 0.2) is 0 Å². The molecule has 3 heteroatoms. The van der Waals surface area contributed by atoms with Gasteiger partial charge in [0.05, 0.1) is 6.54 Å². The average Bonchev–Trinajstić information content (AvgIpc) is 2.61. The van der Waals surface area contributed by atoms with E-state index in [1.807, 2.05) is 19.1 Å². The maximum absolute atomic E-state index is 8.80. The van der Waals surface area contributed by atoms with Gasteiger partial charge in [0, 0.05) is 13.2 Å². The summed E-state index contributed by atoms with van der Waals surface area (Å²) < 4.78 is 5.48. The minimum atomic E-state index is 0.227. The summed E-state index contributed by atoms with van der Waals surface area (Å²) >= 11 is 0. The Morgan fingerprint density at radius 2 is 2.12 bits per heavy atom. The van der Waals surface area contributed by atoms with Crippen LogP contribution in [0.2, 0.25) is 0 Å². The van der Waals surface area contributed by atoms with E-state index in [9.17, 15) is 0 Å². The second-order valence-corrected chi connectivity index (χ2v) is 5.11. The minimum absolute atomic E-state index is 0.227. The van der Waals surface area contributed by atoms with Crippen LogP contribution in [-0.4, -0.2) is 18.3 Å². The van der Waals surface area contributed by atoms with Gasteiger partial charge in [-0.3, -0.25) is 0 Å². The molecule has 0 saturated heterocycles. The first kappa shape index (κ1) is 13.3. The van der Waals surface area contributed by atoms with Crippen molar-refractivity contribution in [3.8, 4) is 0 Å². The highest BCUT2D eigenvalue weighted by Crippen LogP contribution is 2.20. The molecule has 0 saturated carbocycles. The van der Waals surface area contributed by atoms with Crippen LogP contribution >= 0.6 is 0 Å². The molecule has 0 aliphatic heterocycles. The number of aliphatic hydroxyl groups is 1. The predicted octanol–water partition coefficient (Wildman–Crippen LogP) is 2.48. The Morgan fingerprint density at radius 1 is 1.38 bits per heavy atom. The fraction of sp³-hybridized carbons (Fsp3) is 0.692. The van der Waals surface area contributed by atoms with Crippen molar-refractivity contribution >= 4 is 0 Å². The summed E-state index contributed by atoms with van der Waals surface area (Å²) in [5.41, 5.74) is 0.227. The largest absolute Gasteiger partial charge is 0.465 e. The number of aryl methyl sites for hydroxylation is 1. The number of nitrogens with one attached hydrogen (secondary N) is 1. The van der Waals surface area contributed by atoms with Gasteiger partial charge in [-0.1, -0.05) is 13.8 Å². The molecule has 1 rings (SSSR count). The maximum Gasteiger partial charge on any atom is 0.117 e. The Kier molecular flexibility index (Phi) is 5.03. The van der Waals surface area contributed by atoms with Crippen molar-refractivity contribution in [2.75, 3.05) is 13.2 Å². The third kappa shape index (κ3) is 4.81. The minimum Gasteiger partial charge on any atom is -0.465 e. The highest BCUT2D eigenvalue weighted by molar-refractivity contribution is 5.05. The molecule has 0 radical (unpaired) electrons. The van der Waals surface area contributed by atoms with E-state index in [0.717, 1.165) is 37.5 Å². The van der Waals surface area contributed by atoms with Crippen LogP contribution in [0.4, 0.5) is 0 Å². The van der Waals surface area contributed by atoms with Crippen molar-refractivity contribution in [3.63, 3.8) is 0 Å². The summed E-state index contributed by atoms with van der Waals surface area (Å²) in [6.45, 7) is 8.37. The molecule has 0 bridgehead atoms. The summed E-state index contributed by atoms with van der Waals surface area (Å²) in [6, 6.07) is 3.98. The SMILES string of the molecule is Cc1ccc(CNCC(C)(C)CCCO)o1. The summed E-state index contributed by atoms with van der Waals surface area (Å²) in [7, 11) is 0. The molecule has 16 heavy (non-hydrogen) atoms. The van der Waals surface area contributed by atoms with Crippen molar-refractivity contribution in [1.29, 1.82) is 0 Å². The topological polar surface area (TPSA) is 45.4 Å². The van der Waals surface area contributed by atoms with Gasteiger partial charge in [0.2, 0.25) is 0 Å². The smallest absolute Gasteiger partial charge is 0.117 e. The molecule has 3 nitrogen and oxygen atoms in total. The highest BCUT2D eigenvalue weighted by atomic mass is 16.3. The van der Waals surface area contributed by atoms with Gasteiger partial charge >= 0.3 is 0 Å². The van der Waals surface area contributed by atoms with Gasteiger partial charge in [-0.25, -0.2) is 0 Å². The lowest BCUT2D eigenvalue weighted by molar-refractivity contribution is 0.235. The summed E-state index contributed by atoms with van der Waals surface area (Å²) in [6.07, 6.45) is 1.90. The lowest BCUT2D eigenvalue weighted by Gasteiger charge is -2.24. The van der Waals surface area contributed by atoms with E-state index in [-0.39, 0.29) is 12.0 Å². The third-order valence-electron chi connectivity index (χ3n) is 2.71. The molecule has 0 atom stereocenters. The van der Waals surface area contributed by atoms with E-state index in [1.54, 1.807) is 0 Å². The Labute approximate surface area is 97.9 Å². The lowest BCUT2D eigenvalue weighted by Crippen LogP contribution is -2.29. The lowest BCUT2D eigenvalue weighted by atomic mass is 9.88. The van der Waals surface area contributed by atoms with Gasteiger partial charge in [0.25, 0.3) is 0 Å². The second-order valence-electron chi connectivity index (χ2n) is 5.11. The molecule has 0 unspecified atom stereocenters. The Hall–Kier alpha value is -0.800. The molecule has 0 amide bonds. The van der Waals surface area contributed by atoms with E-state index < -0.39 is 0 Å². The predicted molar refractivity (Wildman–Crippen MR) is 65.3 cm³/mol. The molecular weight excluding hydrogens is 202 g/mol. The first-order valence-corrected chi connectivity index (χ1v) is 5.90. The molecule has 1 aromatic rings. The van der Waals surface area contributed by atoms with Crippen LogP contribution in [0.25, 0.3) is 0 Å². The molecule has 0 aromatic carbocycles. The van der Waals surface area contributed by atoms with E-state index in [1.165, 1.54) is 0 Å². The Balaban J connectivity index is 2.24. The molecule has 0 aliphatic rings.